The van der Waals surface area contributed by atoms with E-state index in [2.05, 4.69) is 5.32 Å². The van der Waals surface area contributed by atoms with E-state index in [0.29, 0.717) is 6.42 Å². The summed E-state index contributed by atoms with van der Waals surface area (Å²) in [5.74, 6) is 0.117. The van der Waals surface area contributed by atoms with Crippen molar-refractivity contribution < 1.29 is 4.79 Å². The number of aryl methyl sites for hydroxylation is 1. The van der Waals surface area contributed by atoms with Gasteiger partial charge >= 0.3 is 0 Å². The van der Waals surface area contributed by atoms with Crippen LogP contribution >= 0.6 is 11.6 Å². The van der Waals surface area contributed by atoms with Crippen LogP contribution in [0.2, 0.25) is 5.02 Å². The van der Waals surface area contributed by atoms with Crippen LogP contribution in [0.15, 0.2) is 24.3 Å². The first kappa shape index (κ1) is 12.1. The van der Waals surface area contributed by atoms with Gasteiger partial charge in [-0.15, -0.1) is 0 Å². The van der Waals surface area contributed by atoms with Crippen molar-refractivity contribution in [3.8, 4) is 0 Å². The normalized spacial score (nSPS) is 10.0. The highest BCUT2D eigenvalue weighted by Crippen LogP contribution is 2.10. The molecule has 0 atom stereocenters. The predicted octanol–water partition coefficient (Wildman–Crippen LogP) is 2.80. The zero-order chi connectivity index (χ0) is 11.1. The van der Waals surface area contributed by atoms with Gasteiger partial charge in [-0.3, -0.25) is 4.79 Å². The summed E-state index contributed by atoms with van der Waals surface area (Å²) in [5.41, 5.74) is 1.25. The molecule has 0 aliphatic heterocycles. The highest BCUT2D eigenvalue weighted by atomic mass is 35.5. The molecule has 0 radical (unpaired) electrons. The number of carbonyl (C=O) groups is 1. The predicted molar refractivity (Wildman–Crippen MR) is 63.1 cm³/mol. The molecular weight excluding hydrogens is 210 g/mol. The number of nitrogens with one attached hydrogen (secondary N) is 1. The van der Waals surface area contributed by atoms with Crippen molar-refractivity contribution in [2.45, 2.75) is 26.2 Å². The number of halogens is 1. The number of hydrogen-bond donors (Lipinski definition) is 1. The maximum atomic E-state index is 10.9. The lowest BCUT2D eigenvalue weighted by atomic mass is 10.1. The van der Waals surface area contributed by atoms with Crippen LogP contribution in [0.3, 0.4) is 0 Å². The van der Waals surface area contributed by atoms with Crippen molar-refractivity contribution in [1.29, 1.82) is 0 Å². The molecule has 82 valence electrons. The fourth-order valence-electron chi connectivity index (χ4n) is 1.30. The molecule has 0 aliphatic rings. The Hall–Kier alpha value is -1.02. The lowest BCUT2D eigenvalue weighted by Gasteiger charge is -2.03. The first-order chi connectivity index (χ1) is 7.22. The number of benzene rings is 1. The van der Waals surface area contributed by atoms with Crippen LogP contribution in [-0.4, -0.2) is 12.5 Å². The average Bonchev–Trinajstić information content (AvgIpc) is 2.26. The second-order valence-electron chi connectivity index (χ2n) is 3.43. The summed E-state index contributed by atoms with van der Waals surface area (Å²) in [6.45, 7) is 2.60. The van der Waals surface area contributed by atoms with Crippen molar-refractivity contribution in [3.63, 3.8) is 0 Å². The summed E-state index contributed by atoms with van der Waals surface area (Å²) >= 11 is 5.78. The third kappa shape index (κ3) is 4.84. The van der Waals surface area contributed by atoms with Crippen LogP contribution < -0.4 is 5.32 Å². The van der Waals surface area contributed by atoms with Crippen molar-refractivity contribution in [1.82, 2.24) is 5.32 Å². The summed E-state index contributed by atoms with van der Waals surface area (Å²) in [6.07, 6.45) is 2.50. The zero-order valence-electron chi connectivity index (χ0n) is 8.92. The van der Waals surface area contributed by atoms with E-state index < -0.39 is 0 Å². The van der Waals surface area contributed by atoms with E-state index in [1.807, 2.05) is 31.2 Å². The molecule has 0 aliphatic carbocycles. The largest absolute Gasteiger partial charge is 0.356 e. The van der Waals surface area contributed by atoms with E-state index in [4.69, 9.17) is 11.6 Å². The second kappa shape index (κ2) is 6.46. The third-order valence-corrected chi connectivity index (χ3v) is 2.45. The molecule has 0 spiro atoms. The highest BCUT2D eigenvalue weighted by molar-refractivity contribution is 6.30. The van der Waals surface area contributed by atoms with Gasteiger partial charge in [0.1, 0.15) is 0 Å². The van der Waals surface area contributed by atoms with Gasteiger partial charge in [0.05, 0.1) is 0 Å². The molecule has 2 nitrogen and oxygen atoms in total. The minimum Gasteiger partial charge on any atom is -0.356 e. The minimum atomic E-state index is 0.117. The minimum absolute atomic E-state index is 0.117. The number of rotatable bonds is 5. The Labute approximate surface area is 95.6 Å². The van der Waals surface area contributed by atoms with E-state index in [1.54, 1.807) is 0 Å². The van der Waals surface area contributed by atoms with Gasteiger partial charge in [0.15, 0.2) is 0 Å². The molecule has 0 fully saturated rings. The standard InChI is InChI=1S/C12H16ClNO/c1-2-12(15)14-9-3-4-10-5-7-11(13)8-6-10/h5-8H,2-4,9H2,1H3,(H,14,15). The lowest BCUT2D eigenvalue weighted by molar-refractivity contribution is -0.120. The molecule has 1 aromatic rings. The van der Waals surface area contributed by atoms with Gasteiger partial charge < -0.3 is 5.32 Å². The maximum Gasteiger partial charge on any atom is 0.219 e. The van der Waals surface area contributed by atoms with Crippen LogP contribution in [0.4, 0.5) is 0 Å². The Bertz CT molecular complexity index is 308. The molecule has 1 aromatic carbocycles. The highest BCUT2D eigenvalue weighted by Gasteiger charge is 1.96. The second-order valence-corrected chi connectivity index (χ2v) is 3.87. The van der Waals surface area contributed by atoms with Crippen molar-refractivity contribution in [2.75, 3.05) is 6.54 Å². The van der Waals surface area contributed by atoms with Crippen molar-refractivity contribution >= 4 is 17.5 Å². The fourth-order valence-corrected chi connectivity index (χ4v) is 1.42. The van der Waals surface area contributed by atoms with Gasteiger partial charge in [0.25, 0.3) is 0 Å². The average molecular weight is 226 g/mol. The fraction of sp³-hybridized carbons (Fsp3) is 0.417. The van der Waals surface area contributed by atoms with Crippen LogP contribution in [0.25, 0.3) is 0 Å². The van der Waals surface area contributed by atoms with Crippen LogP contribution in [0.5, 0.6) is 0 Å². The van der Waals surface area contributed by atoms with Crippen molar-refractivity contribution in [3.05, 3.63) is 34.9 Å². The molecule has 0 saturated heterocycles. The molecule has 0 aromatic heterocycles. The van der Waals surface area contributed by atoms with Gasteiger partial charge in [-0.25, -0.2) is 0 Å². The number of hydrogen-bond acceptors (Lipinski definition) is 1. The Morgan fingerprint density at radius 3 is 2.60 bits per heavy atom. The zero-order valence-corrected chi connectivity index (χ0v) is 9.68. The van der Waals surface area contributed by atoms with Crippen molar-refractivity contribution in [2.24, 2.45) is 0 Å². The van der Waals surface area contributed by atoms with E-state index in [9.17, 15) is 4.79 Å². The van der Waals surface area contributed by atoms with Gasteiger partial charge in [0.2, 0.25) is 5.91 Å². The Kier molecular flexibility index (Phi) is 5.19. The van der Waals surface area contributed by atoms with Crippen LogP contribution in [0.1, 0.15) is 25.3 Å². The Morgan fingerprint density at radius 1 is 1.33 bits per heavy atom. The molecule has 15 heavy (non-hydrogen) atoms. The van der Waals surface area contributed by atoms with Crippen LogP contribution in [-0.2, 0) is 11.2 Å². The Morgan fingerprint density at radius 2 is 2.00 bits per heavy atom. The maximum absolute atomic E-state index is 10.9. The topological polar surface area (TPSA) is 29.1 Å². The molecule has 0 saturated carbocycles. The smallest absolute Gasteiger partial charge is 0.219 e. The number of carbonyl (C=O) groups excluding carboxylic acids is 1. The first-order valence-electron chi connectivity index (χ1n) is 5.23. The summed E-state index contributed by atoms with van der Waals surface area (Å²) in [6, 6.07) is 7.82. The summed E-state index contributed by atoms with van der Waals surface area (Å²) in [5, 5.41) is 3.61. The number of amides is 1. The molecule has 0 bridgehead atoms. The van der Waals surface area contributed by atoms with E-state index in [-0.39, 0.29) is 5.91 Å². The van der Waals surface area contributed by atoms with E-state index in [0.717, 1.165) is 24.4 Å². The molecule has 1 N–H and O–H groups in total. The first-order valence-corrected chi connectivity index (χ1v) is 5.61. The summed E-state index contributed by atoms with van der Waals surface area (Å²) in [7, 11) is 0. The monoisotopic (exact) mass is 225 g/mol. The molecular formula is C12H16ClNO. The summed E-state index contributed by atoms with van der Waals surface area (Å²) < 4.78 is 0. The van der Waals surface area contributed by atoms with Gasteiger partial charge in [-0.05, 0) is 30.5 Å². The van der Waals surface area contributed by atoms with Gasteiger partial charge in [-0.1, -0.05) is 30.7 Å². The van der Waals surface area contributed by atoms with Gasteiger partial charge in [-0.2, -0.15) is 0 Å². The lowest BCUT2D eigenvalue weighted by Crippen LogP contribution is -2.23. The van der Waals surface area contributed by atoms with Crippen LogP contribution in [0, 0.1) is 0 Å². The third-order valence-electron chi connectivity index (χ3n) is 2.20. The molecule has 1 amide bonds. The quantitative estimate of drug-likeness (QED) is 0.768. The van der Waals surface area contributed by atoms with E-state index in [1.165, 1.54) is 5.56 Å². The molecule has 0 unspecified atom stereocenters. The molecule has 3 heteroatoms. The summed E-state index contributed by atoms with van der Waals surface area (Å²) in [4.78, 5) is 10.9. The molecule has 1 rings (SSSR count). The SMILES string of the molecule is CCC(=O)NCCCc1ccc(Cl)cc1. The molecule has 0 heterocycles. The van der Waals surface area contributed by atoms with E-state index >= 15 is 0 Å². The van der Waals surface area contributed by atoms with Gasteiger partial charge in [0, 0.05) is 18.0 Å². The Balaban J connectivity index is 2.20.